The molecule has 0 saturated carbocycles. The van der Waals surface area contributed by atoms with Crippen LogP contribution in [0, 0.1) is 0 Å². The molecule has 1 saturated heterocycles. The van der Waals surface area contributed by atoms with Gasteiger partial charge in [0, 0.05) is 49.1 Å². The van der Waals surface area contributed by atoms with Crippen LogP contribution in [0.25, 0.3) is 0 Å². The van der Waals surface area contributed by atoms with Crippen LogP contribution < -0.4 is 15.5 Å². The Balaban J connectivity index is 1.63. The quantitative estimate of drug-likeness (QED) is 0.516. The van der Waals surface area contributed by atoms with Crippen molar-refractivity contribution in [2.45, 2.75) is 30.8 Å². The maximum absolute atomic E-state index is 13.1. The predicted octanol–water partition coefficient (Wildman–Crippen LogP) is 4.79. The average Bonchev–Trinajstić information content (AvgIpc) is 2.79. The van der Waals surface area contributed by atoms with E-state index >= 15 is 0 Å². The van der Waals surface area contributed by atoms with Gasteiger partial charge in [0.25, 0.3) is 0 Å². The topological polar surface area (TPSA) is 81.8 Å². The van der Waals surface area contributed by atoms with Gasteiger partial charge in [-0.3, -0.25) is 0 Å². The number of carbonyl (C=O) groups excluding carboxylic acids is 1. The standard InChI is InChI=1S/C22H26ClF3N4O3S/c1-2-3-8-27-21(31)28-18-4-6-20(7-5-18)34(32,33)30-11-9-29(10-12-30)19-14-16(22(24,25)26)13-17(23)15-19/h4-7,13-15H,2-3,8-12H2,1H3,(H2,27,28,31). The van der Waals surface area contributed by atoms with Crippen LogP contribution in [0.1, 0.15) is 25.3 Å². The zero-order chi connectivity index (χ0) is 24.9. The number of benzene rings is 2. The first kappa shape index (κ1) is 26.1. The van der Waals surface area contributed by atoms with E-state index in [1.807, 2.05) is 6.92 Å². The molecular formula is C22H26ClF3N4O3S. The van der Waals surface area contributed by atoms with Crippen LogP contribution in [0.15, 0.2) is 47.4 Å². The number of hydrogen-bond acceptors (Lipinski definition) is 4. The smallest absolute Gasteiger partial charge is 0.369 e. The summed E-state index contributed by atoms with van der Waals surface area (Å²) in [5.74, 6) is 0. The number of nitrogens with one attached hydrogen (secondary N) is 2. The van der Waals surface area contributed by atoms with Gasteiger partial charge in [0.05, 0.1) is 10.5 Å². The lowest BCUT2D eigenvalue weighted by Crippen LogP contribution is -2.48. The number of anilines is 2. The highest BCUT2D eigenvalue weighted by Crippen LogP contribution is 2.34. The van der Waals surface area contributed by atoms with Gasteiger partial charge >= 0.3 is 12.2 Å². The molecule has 0 atom stereocenters. The van der Waals surface area contributed by atoms with Crippen molar-refractivity contribution in [3.8, 4) is 0 Å². The van der Waals surface area contributed by atoms with Gasteiger partial charge in [-0.05, 0) is 48.9 Å². The van der Waals surface area contributed by atoms with Gasteiger partial charge in [0.1, 0.15) is 0 Å². The summed E-state index contributed by atoms with van der Waals surface area (Å²) in [7, 11) is -3.80. The number of carbonyl (C=O) groups is 1. The fourth-order valence-electron chi connectivity index (χ4n) is 3.52. The molecule has 1 aliphatic heterocycles. The highest BCUT2D eigenvalue weighted by molar-refractivity contribution is 7.89. The summed E-state index contributed by atoms with van der Waals surface area (Å²) in [6.07, 6.45) is -2.71. The van der Waals surface area contributed by atoms with Crippen molar-refractivity contribution < 1.29 is 26.4 Å². The second-order valence-electron chi connectivity index (χ2n) is 7.85. The zero-order valence-electron chi connectivity index (χ0n) is 18.5. The number of amides is 2. The van der Waals surface area contributed by atoms with E-state index < -0.39 is 21.8 Å². The summed E-state index contributed by atoms with van der Waals surface area (Å²) in [5, 5.41) is 5.32. The highest BCUT2D eigenvalue weighted by atomic mass is 35.5. The van der Waals surface area contributed by atoms with Crippen molar-refractivity contribution in [1.82, 2.24) is 9.62 Å². The van der Waals surface area contributed by atoms with Crippen molar-refractivity contribution in [2.75, 3.05) is 42.9 Å². The number of hydrogen-bond donors (Lipinski definition) is 2. The van der Waals surface area contributed by atoms with Gasteiger partial charge in [-0.2, -0.15) is 17.5 Å². The summed E-state index contributed by atoms with van der Waals surface area (Å²) in [6.45, 7) is 3.21. The number of halogens is 4. The van der Waals surface area contributed by atoms with Crippen molar-refractivity contribution >= 4 is 39.0 Å². The molecule has 3 rings (SSSR count). The monoisotopic (exact) mass is 518 g/mol. The third kappa shape index (κ3) is 6.55. The van der Waals surface area contributed by atoms with Crippen LogP contribution in [0.5, 0.6) is 0 Å². The number of urea groups is 1. The van der Waals surface area contributed by atoms with E-state index in [1.165, 1.54) is 34.6 Å². The molecule has 7 nitrogen and oxygen atoms in total. The van der Waals surface area contributed by atoms with Gasteiger partial charge in [-0.15, -0.1) is 0 Å². The molecule has 0 radical (unpaired) electrons. The van der Waals surface area contributed by atoms with Gasteiger partial charge in [0.2, 0.25) is 10.0 Å². The largest absolute Gasteiger partial charge is 0.416 e. The Hall–Kier alpha value is -2.50. The second-order valence-corrected chi connectivity index (χ2v) is 10.2. The Morgan fingerprint density at radius 2 is 1.71 bits per heavy atom. The van der Waals surface area contributed by atoms with E-state index in [0.29, 0.717) is 17.9 Å². The van der Waals surface area contributed by atoms with Gasteiger partial charge in [-0.25, -0.2) is 13.2 Å². The van der Waals surface area contributed by atoms with Crippen molar-refractivity contribution in [1.29, 1.82) is 0 Å². The van der Waals surface area contributed by atoms with E-state index in [9.17, 15) is 26.4 Å². The average molecular weight is 519 g/mol. The summed E-state index contributed by atoms with van der Waals surface area (Å²) in [5.41, 5.74) is -0.0958. The fourth-order valence-corrected chi connectivity index (χ4v) is 5.17. The summed E-state index contributed by atoms with van der Waals surface area (Å²) >= 11 is 5.87. The molecule has 1 heterocycles. The lowest BCUT2D eigenvalue weighted by Gasteiger charge is -2.35. The lowest BCUT2D eigenvalue weighted by molar-refractivity contribution is -0.137. The number of piperazine rings is 1. The lowest BCUT2D eigenvalue weighted by atomic mass is 10.1. The molecule has 2 aromatic carbocycles. The third-order valence-corrected chi connectivity index (χ3v) is 7.51. The molecule has 34 heavy (non-hydrogen) atoms. The Morgan fingerprint density at radius 3 is 2.29 bits per heavy atom. The molecule has 0 aliphatic carbocycles. The molecule has 2 amide bonds. The van der Waals surface area contributed by atoms with Crippen molar-refractivity contribution in [3.05, 3.63) is 53.1 Å². The van der Waals surface area contributed by atoms with Crippen LogP contribution in [0.2, 0.25) is 5.02 Å². The molecule has 2 aromatic rings. The molecule has 12 heteroatoms. The normalized spacial score (nSPS) is 15.3. The maximum Gasteiger partial charge on any atom is 0.416 e. The molecule has 1 aliphatic rings. The first-order valence-electron chi connectivity index (χ1n) is 10.8. The minimum Gasteiger partial charge on any atom is -0.369 e. The van der Waals surface area contributed by atoms with E-state index in [2.05, 4.69) is 10.6 Å². The number of nitrogens with zero attached hydrogens (tertiary/aromatic N) is 2. The number of sulfonamides is 1. The molecule has 1 fully saturated rings. The maximum atomic E-state index is 13.1. The van der Waals surface area contributed by atoms with Gasteiger partial charge < -0.3 is 15.5 Å². The summed E-state index contributed by atoms with van der Waals surface area (Å²) < 4.78 is 66.6. The fraction of sp³-hybridized carbons (Fsp3) is 0.409. The number of alkyl halides is 3. The molecule has 0 bridgehead atoms. The molecule has 0 unspecified atom stereocenters. The van der Waals surface area contributed by atoms with E-state index in [0.717, 1.165) is 25.0 Å². The minimum atomic E-state index is -4.53. The molecule has 2 N–H and O–H groups in total. The van der Waals surface area contributed by atoms with Crippen LogP contribution in [-0.2, 0) is 16.2 Å². The van der Waals surface area contributed by atoms with Crippen LogP contribution >= 0.6 is 11.6 Å². The SMILES string of the molecule is CCCCNC(=O)Nc1ccc(S(=O)(=O)N2CCN(c3cc(Cl)cc(C(F)(F)F)c3)CC2)cc1. The number of unbranched alkanes of at least 4 members (excludes halogenated alkanes) is 1. The highest BCUT2D eigenvalue weighted by Gasteiger charge is 2.33. The van der Waals surface area contributed by atoms with Gasteiger partial charge in [0.15, 0.2) is 0 Å². The Morgan fingerprint density at radius 1 is 1.06 bits per heavy atom. The Kier molecular flexibility index (Phi) is 8.32. The molecule has 0 aromatic heterocycles. The molecule has 186 valence electrons. The first-order valence-corrected chi connectivity index (χ1v) is 12.6. The zero-order valence-corrected chi connectivity index (χ0v) is 20.1. The number of rotatable bonds is 7. The van der Waals surface area contributed by atoms with Crippen LogP contribution in [0.3, 0.4) is 0 Å². The van der Waals surface area contributed by atoms with Crippen molar-refractivity contribution in [2.24, 2.45) is 0 Å². The minimum absolute atomic E-state index is 0.0346. The van der Waals surface area contributed by atoms with Crippen LogP contribution in [0.4, 0.5) is 29.3 Å². The Bertz CT molecular complexity index is 1100. The van der Waals surface area contributed by atoms with Gasteiger partial charge in [-0.1, -0.05) is 24.9 Å². The summed E-state index contributed by atoms with van der Waals surface area (Å²) in [6, 6.07) is 8.78. The van der Waals surface area contributed by atoms with Crippen molar-refractivity contribution in [3.63, 3.8) is 0 Å². The second kappa shape index (κ2) is 10.8. The van der Waals surface area contributed by atoms with E-state index in [1.54, 1.807) is 4.90 Å². The van der Waals surface area contributed by atoms with E-state index in [-0.39, 0.29) is 42.1 Å². The third-order valence-electron chi connectivity index (χ3n) is 5.38. The predicted molar refractivity (Wildman–Crippen MR) is 126 cm³/mol. The van der Waals surface area contributed by atoms with Crippen LogP contribution in [-0.4, -0.2) is 51.5 Å². The first-order chi connectivity index (χ1) is 16.0. The molecule has 0 spiro atoms. The van der Waals surface area contributed by atoms with E-state index in [4.69, 9.17) is 11.6 Å². The summed E-state index contributed by atoms with van der Waals surface area (Å²) in [4.78, 5) is 13.6. The Labute approximate surface area is 201 Å². The molecular weight excluding hydrogens is 493 g/mol.